The first-order valence-electron chi connectivity index (χ1n) is 4.37. The van der Waals surface area contributed by atoms with Gasteiger partial charge in [0.15, 0.2) is 0 Å². The van der Waals surface area contributed by atoms with E-state index in [2.05, 4.69) is 10.2 Å². The molecule has 1 aromatic carbocycles. The molecule has 5 nitrogen and oxygen atoms in total. The fourth-order valence-electron chi connectivity index (χ4n) is 1.35. The molecule has 0 saturated heterocycles. The van der Waals surface area contributed by atoms with Gasteiger partial charge in [-0.1, -0.05) is 12.1 Å². The maximum Gasteiger partial charge on any atom is 0.325 e. The summed E-state index contributed by atoms with van der Waals surface area (Å²) in [5, 5.41) is 17.9. The number of hydrogen-bond donors (Lipinski definition) is 2. The Kier molecular flexibility index (Phi) is 2.31. The van der Waals surface area contributed by atoms with Crippen LogP contribution in [0.5, 0.6) is 0 Å². The van der Waals surface area contributed by atoms with Crippen molar-refractivity contribution >= 4 is 16.7 Å². The van der Waals surface area contributed by atoms with Crippen LogP contribution in [0.4, 0.5) is 0 Å². The predicted molar refractivity (Wildman–Crippen MR) is 54.1 cm³/mol. The van der Waals surface area contributed by atoms with E-state index in [1.807, 2.05) is 0 Å². The van der Waals surface area contributed by atoms with Crippen LogP contribution in [0.2, 0.25) is 0 Å². The number of carboxylic acid groups (broad SMARTS) is 1. The lowest BCUT2D eigenvalue weighted by atomic mass is 10.0. The van der Waals surface area contributed by atoms with Crippen LogP contribution in [0.15, 0.2) is 30.6 Å². The number of carbonyl (C=O) groups is 1. The quantitative estimate of drug-likeness (QED) is 0.750. The number of aromatic nitrogens is 2. The van der Waals surface area contributed by atoms with Crippen LogP contribution in [0.3, 0.4) is 0 Å². The Morgan fingerprint density at radius 3 is 2.60 bits per heavy atom. The second-order valence-electron chi connectivity index (χ2n) is 3.19. The molecule has 1 unspecified atom stereocenters. The lowest BCUT2D eigenvalue weighted by Gasteiger charge is -2.07. The summed E-state index contributed by atoms with van der Waals surface area (Å²) >= 11 is 0. The summed E-state index contributed by atoms with van der Waals surface area (Å²) in [6.45, 7) is 0. The molecular weight excluding hydrogens is 194 g/mol. The molecule has 1 heterocycles. The smallest absolute Gasteiger partial charge is 0.325 e. The van der Waals surface area contributed by atoms with Crippen LogP contribution in [-0.4, -0.2) is 21.3 Å². The van der Waals surface area contributed by atoms with Crippen molar-refractivity contribution in [3.63, 3.8) is 0 Å². The predicted octanol–water partition coefficient (Wildman–Crippen LogP) is 0.714. The number of carboxylic acids is 1. The van der Waals surface area contributed by atoms with E-state index in [-0.39, 0.29) is 0 Å². The lowest BCUT2D eigenvalue weighted by Crippen LogP contribution is -2.20. The lowest BCUT2D eigenvalue weighted by molar-refractivity contribution is -0.138. The Balaban J connectivity index is 2.51. The highest BCUT2D eigenvalue weighted by Gasteiger charge is 2.13. The molecule has 3 N–H and O–H groups in total. The Morgan fingerprint density at radius 2 is 1.93 bits per heavy atom. The van der Waals surface area contributed by atoms with Crippen LogP contribution in [0.1, 0.15) is 11.6 Å². The summed E-state index contributed by atoms with van der Waals surface area (Å²) in [5.41, 5.74) is 6.05. The number of rotatable bonds is 2. The van der Waals surface area contributed by atoms with E-state index in [0.717, 1.165) is 10.8 Å². The van der Waals surface area contributed by atoms with Crippen LogP contribution >= 0.6 is 0 Å². The molecule has 2 aromatic rings. The molecule has 15 heavy (non-hydrogen) atoms. The second-order valence-corrected chi connectivity index (χ2v) is 3.19. The molecule has 76 valence electrons. The van der Waals surface area contributed by atoms with Gasteiger partial charge in [0, 0.05) is 10.8 Å². The van der Waals surface area contributed by atoms with Crippen molar-refractivity contribution in [3.8, 4) is 0 Å². The summed E-state index contributed by atoms with van der Waals surface area (Å²) in [7, 11) is 0. The normalized spacial score (nSPS) is 12.6. The van der Waals surface area contributed by atoms with Crippen LogP contribution in [0, 0.1) is 0 Å². The highest BCUT2D eigenvalue weighted by molar-refractivity contribution is 5.83. The number of nitrogens with two attached hydrogens (primary N) is 1. The molecule has 0 bridgehead atoms. The maximum atomic E-state index is 10.7. The van der Waals surface area contributed by atoms with Crippen LogP contribution in [-0.2, 0) is 4.79 Å². The van der Waals surface area contributed by atoms with Gasteiger partial charge in [0.2, 0.25) is 0 Å². The van der Waals surface area contributed by atoms with Gasteiger partial charge in [0.05, 0.1) is 12.4 Å². The molecule has 2 rings (SSSR count). The minimum Gasteiger partial charge on any atom is -0.480 e. The fraction of sp³-hybridized carbons (Fsp3) is 0.100. The van der Waals surface area contributed by atoms with E-state index in [0.29, 0.717) is 5.56 Å². The van der Waals surface area contributed by atoms with Gasteiger partial charge in [-0.3, -0.25) is 4.79 Å². The number of benzene rings is 1. The summed E-state index contributed by atoms with van der Waals surface area (Å²) in [5.74, 6) is -1.05. The Hall–Kier alpha value is -2.01. The fourth-order valence-corrected chi connectivity index (χ4v) is 1.35. The summed E-state index contributed by atoms with van der Waals surface area (Å²) in [6, 6.07) is 4.18. The topological polar surface area (TPSA) is 89.1 Å². The number of nitrogens with zero attached hydrogens (tertiary/aromatic N) is 2. The van der Waals surface area contributed by atoms with Crippen molar-refractivity contribution in [2.24, 2.45) is 5.73 Å². The summed E-state index contributed by atoms with van der Waals surface area (Å²) in [6.07, 6.45) is 3.19. The van der Waals surface area contributed by atoms with Gasteiger partial charge in [0.1, 0.15) is 6.04 Å². The van der Waals surface area contributed by atoms with Crippen molar-refractivity contribution in [1.29, 1.82) is 0 Å². The Labute approximate surface area is 85.5 Å². The van der Waals surface area contributed by atoms with Gasteiger partial charge in [-0.25, -0.2) is 0 Å². The highest BCUT2D eigenvalue weighted by Crippen LogP contribution is 2.17. The second kappa shape index (κ2) is 3.62. The molecule has 1 atom stereocenters. The van der Waals surface area contributed by atoms with E-state index in [4.69, 9.17) is 10.8 Å². The Bertz CT molecular complexity index is 513. The maximum absolute atomic E-state index is 10.7. The molecule has 0 spiro atoms. The van der Waals surface area contributed by atoms with Crippen LogP contribution in [0.25, 0.3) is 10.8 Å². The largest absolute Gasteiger partial charge is 0.480 e. The zero-order chi connectivity index (χ0) is 10.8. The van der Waals surface area contributed by atoms with E-state index in [1.54, 1.807) is 30.6 Å². The third kappa shape index (κ3) is 1.77. The molecule has 1 aromatic heterocycles. The van der Waals surface area contributed by atoms with Gasteiger partial charge in [-0.15, -0.1) is 0 Å². The van der Waals surface area contributed by atoms with E-state index in [9.17, 15) is 4.79 Å². The van der Waals surface area contributed by atoms with Gasteiger partial charge in [-0.2, -0.15) is 10.2 Å². The first-order chi connectivity index (χ1) is 7.18. The van der Waals surface area contributed by atoms with Crippen LogP contribution < -0.4 is 5.73 Å². The summed E-state index contributed by atoms with van der Waals surface area (Å²) in [4.78, 5) is 10.7. The standard InChI is InChI=1S/C10H9N3O2/c11-9(10(14)15)6-1-2-7-4-12-13-5-8(7)3-6/h1-5,9H,11H2,(H,14,15). The van der Waals surface area contributed by atoms with Crippen molar-refractivity contribution in [2.75, 3.05) is 0 Å². The monoisotopic (exact) mass is 203 g/mol. The Morgan fingerprint density at radius 1 is 1.27 bits per heavy atom. The zero-order valence-corrected chi connectivity index (χ0v) is 7.79. The molecule has 0 radical (unpaired) electrons. The SMILES string of the molecule is NC(C(=O)O)c1ccc2cnncc2c1. The van der Waals surface area contributed by atoms with Gasteiger partial charge < -0.3 is 10.8 Å². The van der Waals surface area contributed by atoms with Gasteiger partial charge in [0.25, 0.3) is 0 Å². The highest BCUT2D eigenvalue weighted by atomic mass is 16.4. The minimum atomic E-state index is -1.05. The van der Waals surface area contributed by atoms with Gasteiger partial charge >= 0.3 is 5.97 Å². The molecule has 5 heteroatoms. The molecule has 0 aliphatic rings. The van der Waals surface area contributed by atoms with Crippen molar-refractivity contribution in [3.05, 3.63) is 36.2 Å². The van der Waals surface area contributed by atoms with Crippen molar-refractivity contribution < 1.29 is 9.90 Å². The first kappa shape index (κ1) is 9.54. The average Bonchev–Trinajstić information content (AvgIpc) is 2.27. The molecule has 0 aliphatic heterocycles. The van der Waals surface area contributed by atoms with E-state index in [1.165, 1.54) is 0 Å². The number of hydrogen-bond acceptors (Lipinski definition) is 4. The molecule has 0 aliphatic carbocycles. The number of fused-ring (bicyclic) bond motifs is 1. The molecule has 0 amide bonds. The summed E-state index contributed by atoms with van der Waals surface area (Å²) < 4.78 is 0. The molecule has 0 saturated carbocycles. The molecular formula is C10H9N3O2. The molecule has 0 fully saturated rings. The van der Waals surface area contributed by atoms with Crippen molar-refractivity contribution in [2.45, 2.75) is 6.04 Å². The van der Waals surface area contributed by atoms with E-state index >= 15 is 0 Å². The zero-order valence-electron chi connectivity index (χ0n) is 7.79. The first-order valence-corrected chi connectivity index (χ1v) is 4.37. The number of aliphatic carboxylic acids is 1. The van der Waals surface area contributed by atoms with Crippen molar-refractivity contribution in [1.82, 2.24) is 10.2 Å². The van der Waals surface area contributed by atoms with Gasteiger partial charge in [-0.05, 0) is 11.6 Å². The minimum absolute atomic E-state index is 0.558. The third-order valence-electron chi connectivity index (χ3n) is 2.20. The third-order valence-corrected chi connectivity index (χ3v) is 2.20. The van der Waals surface area contributed by atoms with E-state index < -0.39 is 12.0 Å². The average molecular weight is 203 g/mol.